The molecule has 0 aromatic heterocycles. The first-order chi connectivity index (χ1) is 5.01. The molecule has 1 fully saturated rings. The molecule has 1 saturated heterocycles. The molecule has 0 unspecified atom stereocenters. The van der Waals surface area contributed by atoms with Crippen molar-refractivity contribution in [2.75, 3.05) is 13.1 Å². The van der Waals surface area contributed by atoms with Crippen molar-refractivity contribution >= 4 is 8.07 Å². The van der Waals surface area contributed by atoms with Crippen molar-refractivity contribution in [2.45, 2.75) is 32.1 Å². The summed E-state index contributed by atoms with van der Waals surface area (Å²) in [6.45, 7) is 13.6. The highest BCUT2D eigenvalue weighted by atomic mass is 28.3. The normalized spacial score (nSPS) is 23.4. The van der Waals surface area contributed by atoms with Crippen LogP contribution in [0.3, 0.4) is 0 Å². The van der Waals surface area contributed by atoms with Gasteiger partial charge in [-0.3, -0.25) is 0 Å². The van der Waals surface area contributed by atoms with Gasteiger partial charge in [0.05, 0.1) is 8.07 Å². The van der Waals surface area contributed by atoms with Crippen LogP contribution in [-0.2, 0) is 0 Å². The second-order valence-corrected chi connectivity index (χ2v) is 9.71. The van der Waals surface area contributed by atoms with Gasteiger partial charge in [0, 0.05) is 18.8 Å². The van der Waals surface area contributed by atoms with Gasteiger partial charge in [-0.05, 0) is 19.0 Å². The van der Waals surface area contributed by atoms with Gasteiger partial charge in [-0.15, -0.1) is 0 Å². The molecule has 0 N–H and O–H groups in total. The van der Waals surface area contributed by atoms with Crippen LogP contribution >= 0.6 is 0 Å². The van der Waals surface area contributed by atoms with Crippen molar-refractivity contribution in [3.63, 3.8) is 0 Å². The van der Waals surface area contributed by atoms with Crippen LogP contribution in [0, 0.1) is 0 Å². The molecule has 1 aliphatic heterocycles. The summed E-state index contributed by atoms with van der Waals surface area (Å²) < 4.78 is 0. The van der Waals surface area contributed by atoms with Crippen molar-refractivity contribution in [1.29, 1.82) is 0 Å². The zero-order valence-corrected chi connectivity index (χ0v) is 8.98. The molecule has 1 rings (SSSR count). The summed E-state index contributed by atoms with van der Waals surface area (Å²) in [5.41, 5.74) is 1.24. The van der Waals surface area contributed by atoms with Gasteiger partial charge in [0.1, 0.15) is 0 Å². The minimum Gasteiger partial charge on any atom is -0.376 e. The van der Waals surface area contributed by atoms with Crippen LogP contribution < -0.4 is 0 Å². The smallest absolute Gasteiger partial charge is 0.0508 e. The lowest BCUT2D eigenvalue weighted by Crippen LogP contribution is -2.41. The minimum absolute atomic E-state index is 0.761. The molecule has 0 aliphatic carbocycles. The van der Waals surface area contributed by atoms with E-state index in [4.69, 9.17) is 0 Å². The molecule has 64 valence electrons. The van der Waals surface area contributed by atoms with Crippen molar-refractivity contribution in [3.05, 3.63) is 12.3 Å². The van der Waals surface area contributed by atoms with Gasteiger partial charge in [-0.2, -0.15) is 0 Å². The van der Waals surface area contributed by atoms with Crippen LogP contribution in [0.25, 0.3) is 0 Å². The van der Waals surface area contributed by atoms with Crippen molar-refractivity contribution in [2.24, 2.45) is 0 Å². The van der Waals surface area contributed by atoms with Gasteiger partial charge >= 0.3 is 0 Å². The lowest BCUT2D eigenvalue weighted by atomic mass is 10.4. The van der Waals surface area contributed by atoms with E-state index in [1.807, 2.05) is 0 Å². The maximum absolute atomic E-state index is 3.97. The number of hydrogen-bond donors (Lipinski definition) is 0. The predicted molar refractivity (Wildman–Crippen MR) is 53.5 cm³/mol. The fraction of sp³-hybridized carbons (Fsp3) is 0.778. The Balaban J connectivity index is 2.42. The Morgan fingerprint density at radius 3 is 2.09 bits per heavy atom. The molecule has 0 spiro atoms. The third kappa shape index (κ3) is 2.36. The Bertz CT molecular complexity index is 153. The van der Waals surface area contributed by atoms with Gasteiger partial charge in [0.15, 0.2) is 0 Å². The molecule has 0 atom stereocenters. The summed E-state index contributed by atoms with van der Waals surface area (Å²) in [6, 6.07) is 2.89. The highest BCUT2D eigenvalue weighted by molar-refractivity contribution is 6.77. The zero-order chi connectivity index (χ0) is 8.48. The molecule has 0 saturated carbocycles. The molecule has 0 radical (unpaired) electrons. The molecular weight excluding hydrogens is 150 g/mol. The number of hydrogen-bond acceptors (Lipinski definition) is 1. The fourth-order valence-electron chi connectivity index (χ4n) is 1.49. The second kappa shape index (κ2) is 3.01. The van der Waals surface area contributed by atoms with Crippen molar-refractivity contribution < 1.29 is 0 Å². The Morgan fingerprint density at radius 2 is 1.73 bits per heavy atom. The molecule has 2 heteroatoms. The summed E-state index contributed by atoms with van der Waals surface area (Å²) in [4.78, 5) is 2.41. The first kappa shape index (κ1) is 8.85. The van der Waals surface area contributed by atoms with Gasteiger partial charge in [-0.1, -0.05) is 19.7 Å². The van der Waals surface area contributed by atoms with E-state index in [0.717, 1.165) is 0 Å². The number of rotatable bonds is 1. The summed E-state index contributed by atoms with van der Waals surface area (Å²) >= 11 is 0. The van der Waals surface area contributed by atoms with Crippen LogP contribution in [0.4, 0.5) is 0 Å². The maximum atomic E-state index is 3.97. The van der Waals surface area contributed by atoms with Crippen LogP contribution in [0.1, 0.15) is 6.92 Å². The topological polar surface area (TPSA) is 3.24 Å². The van der Waals surface area contributed by atoms with E-state index in [9.17, 15) is 0 Å². The molecule has 0 aromatic rings. The van der Waals surface area contributed by atoms with E-state index >= 15 is 0 Å². The third-order valence-electron chi connectivity index (χ3n) is 2.66. The van der Waals surface area contributed by atoms with E-state index in [2.05, 4.69) is 31.5 Å². The fourth-order valence-corrected chi connectivity index (χ4v) is 3.49. The van der Waals surface area contributed by atoms with Gasteiger partial charge < -0.3 is 4.90 Å². The SMILES string of the molecule is C=C(C)N1CC[Si](C)(C)CC1. The van der Waals surface area contributed by atoms with Crippen LogP contribution in [0.2, 0.25) is 25.2 Å². The summed E-state index contributed by atoms with van der Waals surface area (Å²) in [5.74, 6) is 0. The number of nitrogens with zero attached hydrogens (tertiary/aromatic N) is 1. The van der Waals surface area contributed by atoms with Crippen LogP contribution in [0.15, 0.2) is 12.3 Å². The van der Waals surface area contributed by atoms with E-state index in [1.165, 1.54) is 30.9 Å². The van der Waals surface area contributed by atoms with Crippen molar-refractivity contribution in [3.8, 4) is 0 Å². The predicted octanol–water partition coefficient (Wildman–Crippen LogP) is 2.54. The molecular formula is C9H19NSi. The van der Waals surface area contributed by atoms with Gasteiger partial charge in [-0.25, -0.2) is 0 Å². The minimum atomic E-state index is -0.761. The first-order valence-electron chi connectivity index (χ1n) is 4.42. The average molecular weight is 169 g/mol. The zero-order valence-electron chi connectivity index (χ0n) is 7.98. The summed E-state index contributed by atoms with van der Waals surface area (Å²) in [6.07, 6.45) is 0. The Hall–Kier alpha value is -0.243. The molecule has 11 heavy (non-hydrogen) atoms. The Labute approximate surface area is 71.1 Å². The van der Waals surface area contributed by atoms with Gasteiger partial charge in [0.2, 0.25) is 0 Å². The van der Waals surface area contributed by atoms with E-state index in [-0.39, 0.29) is 0 Å². The monoisotopic (exact) mass is 169 g/mol. The summed E-state index contributed by atoms with van der Waals surface area (Å²) in [5, 5.41) is 0. The van der Waals surface area contributed by atoms with Crippen LogP contribution in [-0.4, -0.2) is 26.1 Å². The Kier molecular flexibility index (Phi) is 2.42. The molecule has 0 aromatic carbocycles. The van der Waals surface area contributed by atoms with E-state index in [1.54, 1.807) is 0 Å². The maximum Gasteiger partial charge on any atom is 0.0508 e. The second-order valence-electron chi connectivity index (χ2n) is 4.39. The molecule has 0 bridgehead atoms. The van der Waals surface area contributed by atoms with Crippen molar-refractivity contribution in [1.82, 2.24) is 4.90 Å². The first-order valence-corrected chi connectivity index (χ1v) is 7.83. The standard InChI is InChI=1S/C9H19NSi/c1-9(2)10-5-7-11(3,4)8-6-10/h1,5-8H2,2-4H3. The Morgan fingerprint density at radius 1 is 1.27 bits per heavy atom. The molecule has 1 nitrogen and oxygen atoms in total. The van der Waals surface area contributed by atoms with Crippen LogP contribution in [0.5, 0.6) is 0 Å². The van der Waals surface area contributed by atoms with Gasteiger partial charge in [0.25, 0.3) is 0 Å². The lowest BCUT2D eigenvalue weighted by molar-refractivity contribution is 0.367. The molecule has 1 aliphatic rings. The molecule has 1 heterocycles. The lowest BCUT2D eigenvalue weighted by Gasteiger charge is -2.37. The highest BCUT2D eigenvalue weighted by Gasteiger charge is 2.26. The average Bonchev–Trinajstić information content (AvgIpc) is 1.86. The third-order valence-corrected chi connectivity index (χ3v) is 5.81. The number of allylic oxidation sites excluding steroid dienone is 1. The quantitative estimate of drug-likeness (QED) is 0.545. The highest BCUT2D eigenvalue weighted by Crippen LogP contribution is 2.23. The van der Waals surface area contributed by atoms with E-state index < -0.39 is 8.07 Å². The van der Waals surface area contributed by atoms with E-state index in [0.29, 0.717) is 0 Å². The molecule has 0 amide bonds. The summed E-state index contributed by atoms with van der Waals surface area (Å²) in [7, 11) is -0.761. The largest absolute Gasteiger partial charge is 0.376 e.